The van der Waals surface area contributed by atoms with Gasteiger partial charge in [-0.15, -0.1) is 0 Å². The Morgan fingerprint density at radius 3 is 1.94 bits per heavy atom. The van der Waals surface area contributed by atoms with E-state index >= 15 is 0 Å². The Hall–Kier alpha value is -3.56. The molecule has 1 saturated heterocycles. The van der Waals surface area contributed by atoms with Crippen LogP contribution in [0.3, 0.4) is 0 Å². The zero-order valence-electron chi connectivity index (χ0n) is 18.4. The fourth-order valence-corrected chi connectivity index (χ4v) is 5.59. The lowest BCUT2D eigenvalue weighted by Crippen LogP contribution is -2.42. The maximum atomic E-state index is 13.6. The predicted molar refractivity (Wildman–Crippen MR) is 120 cm³/mol. The summed E-state index contributed by atoms with van der Waals surface area (Å²) >= 11 is -2.02. The molecule has 0 aromatic heterocycles. The van der Waals surface area contributed by atoms with Gasteiger partial charge in [0, 0.05) is 53.9 Å². The lowest BCUT2D eigenvalue weighted by molar-refractivity contribution is -0.222. The van der Waals surface area contributed by atoms with Gasteiger partial charge < -0.3 is 14.0 Å². The fraction of sp³-hybridized carbons (Fsp3) is 0.154. The molecule has 0 spiro atoms. The molecule has 3 aromatic rings. The van der Waals surface area contributed by atoms with Gasteiger partial charge in [0.1, 0.15) is 0 Å². The molecule has 5 nitrogen and oxygen atoms in total. The molecule has 1 fully saturated rings. The molecule has 0 aliphatic carbocycles. The standard InChI is InChI=1S/C26H17F3O5S/c1-25(2)33-23(30)22(24(31)34-25)21-17-10-8-15(14-6-4-3-5-7-14)12-19(17)35(32)20-13-16(26(27,28)29)9-11-18(20)21/h3-13H,1-2H3. The van der Waals surface area contributed by atoms with E-state index in [1.807, 2.05) is 30.3 Å². The van der Waals surface area contributed by atoms with Gasteiger partial charge in [0.2, 0.25) is 0 Å². The van der Waals surface area contributed by atoms with E-state index in [9.17, 15) is 27.3 Å². The average Bonchev–Trinajstić information content (AvgIpc) is 2.79. The van der Waals surface area contributed by atoms with E-state index in [0.29, 0.717) is 5.56 Å². The summed E-state index contributed by atoms with van der Waals surface area (Å²) in [6, 6.07) is 16.8. The number of benzene rings is 3. The highest BCUT2D eigenvalue weighted by Gasteiger charge is 2.45. The molecule has 5 rings (SSSR count). The molecule has 0 radical (unpaired) electrons. The second kappa shape index (κ2) is 8.00. The largest absolute Gasteiger partial charge is 0.606 e. The topological polar surface area (TPSA) is 75.7 Å². The molecule has 0 N–H and O–H groups in total. The van der Waals surface area contributed by atoms with Crippen molar-refractivity contribution in [3.8, 4) is 11.1 Å². The molecule has 0 saturated carbocycles. The van der Waals surface area contributed by atoms with Gasteiger partial charge in [0.15, 0.2) is 15.4 Å². The monoisotopic (exact) mass is 498 g/mol. The van der Waals surface area contributed by atoms with Crippen LogP contribution in [0.5, 0.6) is 0 Å². The van der Waals surface area contributed by atoms with Gasteiger partial charge in [-0.25, -0.2) is 9.59 Å². The van der Waals surface area contributed by atoms with Crippen LogP contribution in [0.15, 0.2) is 82.1 Å². The quantitative estimate of drug-likeness (QED) is 0.192. The van der Waals surface area contributed by atoms with E-state index in [1.54, 1.807) is 18.2 Å². The molecule has 2 heterocycles. The van der Waals surface area contributed by atoms with Crippen LogP contribution in [-0.4, -0.2) is 22.3 Å². The summed E-state index contributed by atoms with van der Waals surface area (Å²) in [6.07, 6.45) is -4.68. The van der Waals surface area contributed by atoms with Crippen LogP contribution in [0, 0.1) is 0 Å². The summed E-state index contributed by atoms with van der Waals surface area (Å²) in [4.78, 5) is 25.8. The van der Waals surface area contributed by atoms with Gasteiger partial charge in [0.05, 0.1) is 5.56 Å². The van der Waals surface area contributed by atoms with Crippen LogP contribution in [0.1, 0.15) is 30.5 Å². The smallest absolute Gasteiger partial charge is 0.416 e. The van der Waals surface area contributed by atoms with Crippen LogP contribution < -0.4 is 0 Å². The van der Waals surface area contributed by atoms with Gasteiger partial charge >= 0.3 is 18.1 Å². The van der Waals surface area contributed by atoms with Crippen molar-refractivity contribution in [1.82, 2.24) is 0 Å². The lowest BCUT2D eigenvalue weighted by Gasteiger charge is -2.32. The number of carbonyl (C=O) groups excluding carboxylic acids is 2. The summed E-state index contributed by atoms with van der Waals surface area (Å²) in [7, 11) is 0. The first-order valence-electron chi connectivity index (χ1n) is 10.5. The Morgan fingerprint density at radius 1 is 0.771 bits per heavy atom. The number of alkyl halides is 3. The number of fused-ring (bicyclic) bond motifs is 2. The van der Waals surface area contributed by atoms with Crippen molar-refractivity contribution in [3.05, 3.63) is 89.0 Å². The number of halogens is 3. The number of rotatable bonds is 1. The number of hydrogen-bond donors (Lipinski definition) is 0. The Bertz CT molecular complexity index is 1390. The minimum Gasteiger partial charge on any atom is -0.606 e. The zero-order valence-corrected chi connectivity index (χ0v) is 19.3. The molecule has 9 heteroatoms. The Balaban J connectivity index is 1.79. The van der Waals surface area contributed by atoms with Crippen molar-refractivity contribution in [1.29, 1.82) is 0 Å². The minimum atomic E-state index is -4.68. The highest BCUT2D eigenvalue weighted by Crippen LogP contribution is 2.47. The summed E-state index contributed by atoms with van der Waals surface area (Å²) < 4.78 is 64.4. The number of esters is 2. The number of carbonyl (C=O) groups is 2. The average molecular weight is 498 g/mol. The van der Waals surface area contributed by atoms with Gasteiger partial charge in [-0.3, -0.25) is 0 Å². The Kier molecular flexibility index (Phi) is 5.30. The van der Waals surface area contributed by atoms with E-state index in [1.165, 1.54) is 13.8 Å². The SMILES string of the molecule is CC1(C)OC(=O)C(=C2c3ccc(-c4ccccc4)cc3[S+]([O-])c3cc(C(F)(F)F)ccc32)C(=O)O1. The molecule has 0 amide bonds. The van der Waals surface area contributed by atoms with Crippen molar-refractivity contribution >= 4 is 28.7 Å². The molecule has 178 valence electrons. The van der Waals surface area contributed by atoms with Gasteiger partial charge in [0.25, 0.3) is 5.79 Å². The van der Waals surface area contributed by atoms with Crippen molar-refractivity contribution in [2.75, 3.05) is 0 Å². The van der Waals surface area contributed by atoms with Crippen molar-refractivity contribution in [2.45, 2.75) is 35.6 Å². The third kappa shape index (κ3) is 4.00. The van der Waals surface area contributed by atoms with Crippen molar-refractivity contribution in [2.24, 2.45) is 0 Å². The van der Waals surface area contributed by atoms with Crippen molar-refractivity contribution in [3.63, 3.8) is 0 Å². The van der Waals surface area contributed by atoms with Gasteiger partial charge in [-0.2, -0.15) is 13.2 Å². The summed E-state index contributed by atoms with van der Waals surface area (Å²) in [5.41, 5.74) is 0.386. The van der Waals surface area contributed by atoms with Gasteiger partial charge in [-0.1, -0.05) is 36.4 Å². The first-order valence-corrected chi connectivity index (χ1v) is 11.7. The maximum absolute atomic E-state index is 13.6. The first kappa shape index (κ1) is 23.2. The molecular weight excluding hydrogens is 481 g/mol. The van der Waals surface area contributed by atoms with Crippen LogP contribution in [0.25, 0.3) is 16.7 Å². The van der Waals surface area contributed by atoms with Crippen LogP contribution >= 0.6 is 0 Å². The van der Waals surface area contributed by atoms with Gasteiger partial charge in [-0.05, 0) is 29.3 Å². The minimum absolute atomic E-state index is 0.0217. The lowest BCUT2D eigenvalue weighted by atomic mass is 9.90. The van der Waals surface area contributed by atoms with Crippen molar-refractivity contribution < 1.29 is 36.8 Å². The highest BCUT2D eigenvalue weighted by atomic mass is 32.2. The highest BCUT2D eigenvalue weighted by molar-refractivity contribution is 7.91. The summed E-state index contributed by atoms with van der Waals surface area (Å²) in [6.45, 7) is 2.79. The van der Waals surface area contributed by atoms with E-state index in [0.717, 1.165) is 23.8 Å². The second-order valence-electron chi connectivity index (χ2n) is 8.48. The third-order valence-corrected chi connectivity index (χ3v) is 7.15. The van der Waals surface area contributed by atoms with Crippen LogP contribution in [-0.2, 0) is 36.4 Å². The van der Waals surface area contributed by atoms with E-state index < -0.39 is 46.2 Å². The third-order valence-electron chi connectivity index (χ3n) is 5.67. The summed E-state index contributed by atoms with van der Waals surface area (Å²) in [5.74, 6) is -3.45. The van der Waals surface area contributed by atoms with E-state index in [2.05, 4.69) is 0 Å². The fourth-order valence-electron chi connectivity index (χ4n) is 4.14. The summed E-state index contributed by atoms with van der Waals surface area (Å²) in [5, 5.41) is 0. The molecule has 1 unspecified atom stereocenters. The normalized spacial score (nSPS) is 19.0. The number of ether oxygens (including phenoxy) is 2. The predicted octanol–water partition coefficient (Wildman–Crippen LogP) is 5.49. The molecule has 35 heavy (non-hydrogen) atoms. The Labute approximate surface area is 201 Å². The first-order chi connectivity index (χ1) is 16.5. The molecule has 1 atom stereocenters. The second-order valence-corrected chi connectivity index (χ2v) is 9.90. The maximum Gasteiger partial charge on any atom is 0.416 e. The molecule has 2 aliphatic rings. The van der Waals surface area contributed by atoms with Crippen LogP contribution in [0.4, 0.5) is 13.2 Å². The Morgan fingerprint density at radius 2 is 1.34 bits per heavy atom. The van der Waals surface area contributed by atoms with E-state index in [-0.39, 0.29) is 26.5 Å². The molecular formula is C26H17F3O5S. The molecule has 0 bridgehead atoms. The van der Waals surface area contributed by atoms with Crippen LogP contribution in [0.2, 0.25) is 0 Å². The molecule has 3 aromatic carbocycles. The number of hydrogen-bond acceptors (Lipinski definition) is 5. The number of cyclic esters (lactones) is 2. The zero-order chi connectivity index (χ0) is 25.1. The molecule has 2 aliphatic heterocycles. The van der Waals surface area contributed by atoms with E-state index in [4.69, 9.17) is 9.47 Å².